The van der Waals surface area contributed by atoms with E-state index in [4.69, 9.17) is 10.5 Å². The Balaban J connectivity index is 2.32. The predicted molar refractivity (Wildman–Crippen MR) is 71.6 cm³/mol. The maximum atomic E-state index is 11.8. The number of amides is 3. The molecule has 0 aromatic heterocycles. The number of morpholine rings is 1. The highest BCUT2D eigenvalue weighted by atomic mass is 16.5. The highest BCUT2D eigenvalue weighted by molar-refractivity contribution is 5.91. The second-order valence-electron chi connectivity index (χ2n) is 4.82. The Morgan fingerprint density at radius 3 is 2.55 bits per heavy atom. The van der Waals surface area contributed by atoms with Crippen molar-refractivity contribution in [3.63, 3.8) is 0 Å². The summed E-state index contributed by atoms with van der Waals surface area (Å²) >= 11 is 0. The Labute approximate surface area is 117 Å². The molecule has 1 heterocycles. The van der Waals surface area contributed by atoms with Gasteiger partial charge in [-0.15, -0.1) is 0 Å². The highest BCUT2D eigenvalue weighted by Gasteiger charge is 2.22. The summed E-state index contributed by atoms with van der Waals surface area (Å²) in [5.41, 5.74) is 5.04. The predicted octanol–water partition coefficient (Wildman–Crippen LogP) is -2.14. The Hall–Kier alpha value is -1.67. The van der Waals surface area contributed by atoms with Crippen LogP contribution >= 0.6 is 0 Å². The first-order chi connectivity index (χ1) is 9.40. The minimum absolute atomic E-state index is 0.177. The number of primary amides is 1. The van der Waals surface area contributed by atoms with Crippen molar-refractivity contribution in [1.82, 2.24) is 16.0 Å². The first kappa shape index (κ1) is 16.4. The van der Waals surface area contributed by atoms with Crippen LogP contribution in [0.5, 0.6) is 0 Å². The topological polar surface area (TPSA) is 123 Å². The van der Waals surface area contributed by atoms with E-state index in [1.54, 1.807) is 6.92 Å². The molecular weight excluding hydrogens is 264 g/mol. The molecule has 1 fully saturated rings. The Morgan fingerprint density at radius 1 is 1.30 bits per heavy atom. The van der Waals surface area contributed by atoms with E-state index < -0.39 is 23.9 Å². The molecule has 5 N–H and O–H groups in total. The number of ether oxygens (including phenoxy) is 1. The molecule has 1 saturated heterocycles. The molecule has 0 spiro atoms. The first-order valence-electron chi connectivity index (χ1n) is 6.61. The summed E-state index contributed by atoms with van der Waals surface area (Å²) in [6, 6.07) is -1.51. The average molecular weight is 286 g/mol. The smallest absolute Gasteiger partial charge is 0.242 e. The van der Waals surface area contributed by atoms with E-state index in [9.17, 15) is 14.4 Å². The molecule has 3 amide bonds. The quantitative estimate of drug-likeness (QED) is 0.444. The van der Waals surface area contributed by atoms with E-state index in [-0.39, 0.29) is 18.4 Å². The number of nitrogens with one attached hydrogen (secondary N) is 3. The fourth-order valence-corrected chi connectivity index (χ4v) is 1.73. The van der Waals surface area contributed by atoms with Crippen molar-refractivity contribution in [2.75, 3.05) is 19.7 Å². The lowest BCUT2D eigenvalue weighted by molar-refractivity contribution is -0.131. The number of carbonyl (C=O) groups excluding carboxylic acids is 3. The molecule has 1 rings (SSSR count). The van der Waals surface area contributed by atoms with Crippen molar-refractivity contribution < 1.29 is 19.1 Å². The van der Waals surface area contributed by atoms with Crippen LogP contribution in [0.25, 0.3) is 0 Å². The molecule has 114 valence electrons. The second kappa shape index (κ2) is 7.81. The lowest BCUT2D eigenvalue weighted by Crippen LogP contribution is -2.51. The van der Waals surface area contributed by atoms with Gasteiger partial charge in [0.15, 0.2) is 0 Å². The summed E-state index contributed by atoms with van der Waals surface area (Å²) in [5, 5.41) is 8.10. The first-order valence-corrected chi connectivity index (χ1v) is 6.61. The number of hydrogen-bond acceptors (Lipinski definition) is 5. The van der Waals surface area contributed by atoms with E-state index in [1.165, 1.54) is 6.92 Å². The fourth-order valence-electron chi connectivity index (χ4n) is 1.73. The van der Waals surface area contributed by atoms with Gasteiger partial charge in [0.1, 0.15) is 12.1 Å². The highest BCUT2D eigenvalue weighted by Crippen LogP contribution is 2.01. The number of rotatable bonds is 6. The van der Waals surface area contributed by atoms with E-state index >= 15 is 0 Å². The second-order valence-corrected chi connectivity index (χ2v) is 4.82. The van der Waals surface area contributed by atoms with Crippen LogP contribution in [-0.2, 0) is 19.1 Å². The third-order valence-electron chi connectivity index (χ3n) is 2.97. The number of nitrogens with two attached hydrogens (primary N) is 1. The third-order valence-corrected chi connectivity index (χ3v) is 2.97. The zero-order valence-corrected chi connectivity index (χ0v) is 11.8. The van der Waals surface area contributed by atoms with E-state index in [1.807, 2.05) is 0 Å². The zero-order valence-electron chi connectivity index (χ0n) is 11.8. The largest absolute Gasteiger partial charge is 0.375 e. The van der Waals surface area contributed by atoms with Gasteiger partial charge in [-0.3, -0.25) is 14.4 Å². The van der Waals surface area contributed by atoms with Crippen molar-refractivity contribution in [2.24, 2.45) is 5.73 Å². The zero-order chi connectivity index (χ0) is 15.1. The number of carbonyl (C=O) groups is 3. The minimum atomic E-state index is -0.771. The molecule has 0 aromatic carbocycles. The van der Waals surface area contributed by atoms with Crippen molar-refractivity contribution in [3.05, 3.63) is 0 Å². The molecule has 8 heteroatoms. The van der Waals surface area contributed by atoms with Gasteiger partial charge in [-0.25, -0.2) is 0 Å². The van der Waals surface area contributed by atoms with Crippen LogP contribution in [-0.4, -0.2) is 55.6 Å². The van der Waals surface area contributed by atoms with Gasteiger partial charge in [0.05, 0.1) is 19.1 Å². The SMILES string of the molecule is CC(NC(=O)[C@H](C)NC(=O)CC1CNCCO1)C(N)=O. The summed E-state index contributed by atoms with van der Waals surface area (Å²) in [6.45, 7) is 5.00. The summed E-state index contributed by atoms with van der Waals surface area (Å²) in [5.74, 6) is -1.35. The third kappa shape index (κ3) is 5.54. The molecule has 1 aliphatic rings. The van der Waals surface area contributed by atoms with Gasteiger partial charge in [-0.05, 0) is 13.8 Å². The normalized spacial score (nSPS) is 21.6. The standard InChI is InChI=1S/C12H22N4O4/c1-7(11(13)18)16-12(19)8(2)15-10(17)5-9-6-14-3-4-20-9/h7-9,14H,3-6H2,1-2H3,(H2,13,18)(H,15,17)(H,16,19)/t7?,8-,9?/m0/s1. The van der Waals surface area contributed by atoms with Gasteiger partial charge < -0.3 is 26.4 Å². The molecule has 0 saturated carbocycles. The molecule has 8 nitrogen and oxygen atoms in total. The van der Waals surface area contributed by atoms with Crippen LogP contribution in [0.2, 0.25) is 0 Å². The van der Waals surface area contributed by atoms with E-state index in [0.29, 0.717) is 13.2 Å². The Morgan fingerprint density at radius 2 is 2.00 bits per heavy atom. The number of hydrogen-bond donors (Lipinski definition) is 4. The van der Waals surface area contributed by atoms with Crippen molar-refractivity contribution >= 4 is 17.7 Å². The van der Waals surface area contributed by atoms with Crippen molar-refractivity contribution in [1.29, 1.82) is 0 Å². The van der Waals surface area contributed by atoms with E-state index in [0.717, 1.165) is 6.54 Å². The van der Waals surface area contributed by atoms with Crippen molar-refractivity contribution in [2.45, 2.75) is 38.5 Å². The maximum Gasteiger partial charge on any atom is 0.242 e. The van der Waals surface area contributed by atoms with Gasteiger partial charge >= 0.3 is 0 Å². The summed E-state index contributed by atoms with van der Waals surface area (Å²) in [7, 11) is 0. The van der Waals surface area contributed by atoms with Crippen LogP contribution in [0.15, 0.2) is 0 Å². The van der Waals surface area contributed by atoms with Gasteiger partial charge in [0, 0.05) is 13.1 Å². The minimum Gasteiger partial charge on any atom is -0.375 e. The van der Waals surface area contributed by atoms with Crippen molar-refractivity contribution in [3.8, 4) is 0 Å². The molecule has 2 unspecified atom stereocenters. The Bertz CT molecular complexity index is 368. The molecule has 0 bridgehead atoms. The monoisotopic (exact) mass is 286 g/mol. The molecule has 20 heavy (non-hydrogen) atoms. The van der Waals surface area contributed by atoms with Gasteiger partial charge in [-0.1, -0.05) is 0 Å². The van der Waals surface area contributed by atoms with Crippen LogP contribution in [0.1, 0.15) is 20.3 Å². The lowest BCUT2D eigenvalue weighted by Gasteiger charge is -2.24. The maximum absolute atomic E-state index is 11.8. The molecule has 3 atom stereocenters. The molecule has 0 aromatic rings. The van der Waals surface area contributed by atoms with Crippen LogP contribution in [0.4, 0.5) is 0 Å². The van der Waals surface area contributed by atoms with Crippen LogP contribution in [0.3, 0.4) is 0 Å². The summed E-state index contributed by atoms with van der Waals surface area (Å²) in [4.78, 5) is 34.3. The van der Waals surface area contributed by atoms with Gasteiger partial charge in [-0.2, -0.15) is 0 Å². The summed E-state index contributed by atoms with van der Waals surface area (Å²) < 4.78 is 5.40. The van der Waals surface area contributed by atoms with Gasteiger partial charge in [0.25, 0.3) is 0 Å². The van der Waals surface area contributed by atoms with E-state index in [2.05, 4.69) is 16.0 Å². The molecule has 0 radical (unpaired) electrons. The molecule has 1 aliphatic heterocycles. The summed E-state index contributed by atoms with van der Waals surface area (Å²) in [6.07, 6.45) is 0.0132. The average Bonchev–Trinajstić information content (AvgIpc) is 2.39. The van der Waals surface area contributed by atoms with Gasteiger partial charge in [0.2, 0.25) is 17.7 Å². The lowest BCUT2D eigenvalue weighted by atomic mass is 10.2. The molecule has 0 aliphatic carbocycles. The van der Waals surface area contributed by atoms with Crippen LogP contribution < -0.4 is 21.7 Å². The van der Waals surface area contributed by atoms with Crippen LogP contribution in [0, 0.1) is 0 Å². The molecular formula is C12H22N4O4. The fraction of sp³-hybridized carbons (Fsp3) is 0.750. The Kier molecular flexibility index (Phi) is 6.40.